The van der Waals surface area contributed by atoms with Crippen LogP contribution in [0.4, 0.5) is 4.39 Å². The summed E-state index contributed by atoms with van der Waals surface area (Å²) in [5, 5.41) is 11.2. The van der Waals surface area contributed by atoms with Crippen LogP contribution in [-0.4, -0.2) is 22.0 Å². The standard InChI is InChI=1S/C12H13Cl2FN4/c1-6(16-3)12-7(2)19(18-17-12)8-4-9(13)11(15)10(14)5-8/h4-6,16H,1-3H3. The second kappa shape index (κ2) is 5.45. The number of halogens is 3. The van der Waals surface area contributed by atoms with Crippen LogP contribution in [0.3, 0.4) is 0 Å². The number of nitrogens with one attached hydrogen (secondary N) is 1. The fourth-order valence-electron chi connectivity index (χ4n) is 1.79. The van der Waals surface area contributed by atoms with Crippen LogP contribution in [0.25, 0.3) is 5.69 Å². The van der Waals surface area contributed by atoms with Crippen molar-refractivity contribution in [1.82, 2.24) is 20.3 Å². The Morgan fingerprint density at radius 1 is 1.32 bits per heavy atom. The molecule has 0 amide bonds. The predicted octanol–water partition coefficient (Wildman–Crippen LogP) is 3.30. The Bertz CT molecular complexity index is 589. The zero-order chi connectivity index (χ0) is 14.2. The highest BCUT2D eigenvalue weighted by Crippen LogP contribution is 2.27. The van der Waals surface area contributed by atoms with Gasteiger partial charge < -0.3 is 5.32 Å². The first-order valence-corrected chi connectivity index (χ1v) is 6.45. The molecule has 0 fully saturated rings. The molecule has 0 saturated heterocycles. The first kappa shape index (κ1) is 14.2. The normalized spacial score (nSPS) is 12.7. The average molecular weight is 303 g/mol. The lowest BCUT2D eigenvalue weighted by Gasteiger charge is -2.09. The third-order valence-corrected chi connectivity index (χ3v) is 3.54. The summed E-state index contributed by atoms with van der Waals surface area (Å²) >= 11 is 11.6. The minimum absolute atomic E-state index is 0.0411. The van der Waals surface area contributed by atoms with Gasteiger partial charge in [-0.25, -0.2) is 9.07 Å². The van der Waals surface area contributed by atoms with E-state index in [1.54, 1.807) is 4.68 Å². The molecule has 1 atom stereocenters. The maximum atomic E-state index is 13.4. The molecule has 2 rings (SSSR count). The summed E-state index contributed by atoms with van der Waals surface area (Å²) in [5.41, 5.74) is 2.25. The van der Waals surface area contributed by atoms with Crippen LogP contribution in [0.15, 0.2) is 12.1 Å². The Labute approximate surface area is 120 Å². The van der Waals surface area contributed by atoms with E-state index in [0.29, 0.717) is 5.69 Å². The van der Waals surface area contributed by atoms with Crippen molar-refractivity contribution in [2.45, 2.75) is 19.9 Å². The second-order valence-electron chi connectivity index (χ2n) is 4.21. The van der Waals surface area contributed by atoms with Gasteiger partial charge in [0.2, 0.25) is 0 Å². The molecule has 1 N–H and O–H groups in total. The van der Waals surface area contributed by atoms with E-state index in [9.17, 15) is 4.39 Å². The van der Waals surface area contributed by atoms with Gasteiger partial charge in [0, 0.05) is 0 Å². The van der Waals surface area contributed by atoms with Crippen molar-refractivity contribution in [2.75, 3.05) is 7.05 Å². The summed E-state index contributed by atoms with van der Waals surface area (Å²) in [6, 6.07) is 3.01. The van der Waals surface area contributed by atoms with Crippen LogP contribution in [0.2, 0.25) is 10.0 Å². The molecule has 2 aromatic rings. The monoisotopic (exact) mass is 302 g/mol. The van der Waals surface area contributed by atoms with Crippen molar-refractivity contribution in [2.24, 2.45) is 0 Å². The molecule has 1 aromatic heterocycles. The summed E-state index contributed by atoms with van der Waals surface area (Å²) in [7, 11) is 1.84. The van der Waals surface area contributed by atoms with Gasteiger partial charge in [-0.1, -0.05) is 28.4 Å². The smallest absolute Gasteiger partial charge is 0.160 e. The van der Waals surface area contributed by atoms with Gasteiger partial charge in [-0.3, -0.25) is 0 Å². The van der Waals surface area contributed by atoms with E-state index in [4.69, 9.17) is 23.2 Å². The van der Waals surface area contributed by atoms with Gasteiger partial charge in [-0.05, 0) is 33.0 Å². The quantitative estimate of drug-likeness (QED) is 0.885. The second-order valence-corrected chi connectivity index (χ2v) is 5.02. The highest BCUT2D eigenvalue weighted by Gasteiger charge is 2.16. The molecule has 0 radical (unpaired) electrons. The van der Waals surface area contributed by atoms with Gasteiger partial charge in [-0.2, -0.15) is 0 Å². The van der Waals surface area contributed by atoms with Crippen LogP contribution in [-0.2, 0) is 0 Å². The number of benzene rings is 1. The molecule has 1 heterocycles. The molecule has 0 aliphatic rings. The molecule has 4 nitrogen and oxygen atoms in total. The SMILES string of the molecule is CNC(C)c1nnn(-c2cc(Cl)c(F)c(Cl)c2)c1C. The van der Waals surface area contributed by atoms with Crippen molar-refractivity contribution in [3.05, 3.63) is 39.4 Å². The van der Waals surface area contributed by atoms with Crippen LogP contribution >= 0.6 is 23.2 Å². The first-order valence-electron chi connectivity index (χ1n) is 5.70. The number of hydrogen-bond acceptors (Lipinski definition) is 3. The fourth-order valence-corrected chi connectivity index (χ4v) is 2.26. The largest absolute Gasteiger partial charge is 0.312 e. The molecular weight excluding hydrogens is 290 g/mol. The topological polar surface area (TPSA) is 42.7 Å². The number of hydrogen-bond donors (Lipinski definition) is 1. The molecular formula is C12H13Cl2FN4. The van der Waals surface area contributed by atoms with Crippen molar-refractivity contribution in [1.29, 1.82) is 0 Å². The Balaban J connectivity index is 2.51. The van der Waals surface area contributed by atoms with Gasteiger partial charge >= 0.3 is 0 Å². The molecule has 1 unspecified atom stereocenters. The fraction of sp³-hybridized carbons (Fsp3) is 0.333. The van der Waals surface area contributed by atoms with Crippen molar-refractivity contribution in [3.63, 3.8) is 0 Å². The summed E-state index contributed by atoms with van der Waals surface area (Å²) in [5.74, 6) is -0.631. The minimum Gasteiger partial charge on any atom is -0.312 e. The molecule has 1 aromatic carbocycles. The maximum Gasteiger partial charge on any atom is 0.160 e. The van der Waals surface area contributed by atoms with Gasteiger partial charge in [0.25, 0.3) is 0 Å². The third-order valence-electron chi connectivity index (χ3n) is 2.99. The third kappa shape index (κ3) is 2.59. The Morgan fingerprint density at radius 3 is 2.42 bits per heavy atom. The van der Waals surface area contributed by atoms with Crippen molar-refractivity contribution >= 4 is 23.2 Å². The lowest BCUT2D eigenvalue weighted by atomic mass is 10.2. The molecule has 0 bridgehead atoms. The summed E-state index contributed by atoms with van der Waals surface area (Å²) in [6.07, 6.45) is 0. The predicted molar refractivity (Wildman–Crippen MR) is 73.5 cm³/mol. The molecule has 0 spiro atoms. The maximum absolute atomic E-state index is 13.4. The highest BCUT2D eigenvalue weighted by molar-refractivity contribution is 6.35. The summed E-state index contributed by atoms with van der Waals surface area (Å²) in [6.45, 7) is 3.86. The lowest BCUT2D eigenvalue weighted by Crippen LogP contribution is -2.14. The highest BCUT2D eigenvalue weighted by atomic mass is 35.5. The summed E-state index contributed by atoms with van der Waals surface area (Å²) in [4.78, 5) is 0. The average Bonchev–Trinajstić information content (AvgIpc) is 2.76. The Morgan fingerprint density at radius 2 is 1.89 bits per heavy atom. The van der Waals surface area contributed by atoms with E-state index in [1.165, 1.54) is 12.1 Å². The van der Waals surface area contributed by atoms with E-state index in [1.807, 2.05) is 20.9 Å². The number of aromatic nitrogens is 3. The van der Waals surface area contributed by atoms with E-state index in [0.717, 1.165) is 11.4 Å². The molecule has 0 aliphatic carbocycles. The summed E-state index contributed by atoms with van der Waals surface area (Å²) < 4.78 is 15.0. The zero-order valence-electron chi connectivity index (χ0n) is 10.7. The molecule has 7 heteroatoms. The van der Waals surface area contributed by atoms with Gasteiger partial charge in [0.05, 0.1) is 27.5 Å². The van der Waals surface area contributed by atoms with E-state index < -0.39 is 5.82 Å². The van der Waals surface area contributed by atoms with Crippen LogP contribution < -0.4 is 5.32 Å². The van der Waals surface area contributed by atoms with Crippen LogP contribution in [0, 0.1) is 12.7 Å². The van der Waals surface area contributed by atoms with Crippen molar-refractivity contribution in [3.8, 4) is 5.69 Å². The Hall–Kier alpha value is -1.17. The lowest BCUT2D eigenvalue weighted by molar-refractivity contribution is 0.627. The van der Waals surface area contributed by atoms with E-state index >= 15 is 0 Å². The zero-order valence-corrected chi connectivity index (χ0v) is 12.2. The minimum atomic E-state index is -0.631. The molecule has 0 aliphatic heterocycles. The van der Waals surface area contributed by atoms with Crippen molar-refractivity contribution < 1.29 is 4.39 Å². The van der Waals surface area contributed by atoms with Gasteiger partial charge in [0.1, 0.15) is 5.69 Å². The molecule has 102 valence electrons. The molecule has 0 saturated carbocycles. The van der Waals surface area contributed by atoms with E-state index in [2.05, 4.69) is 15.6 Å². The van der Waals surface area contributed by atoms with Crippen LogP contribution in [0.1, 0.15) is 24.4 Å². The van der Waals surface area contributed by atoms with Gasteiger partial charge in [-0.15, -0.1) is 5.10 Å². The van der Waals surface area contributed by atoms with Crippen LogP contribution in [0.5, 0.6) is 0 Å². The molecule has 19 heavy (non-hydrogen) atoms. The van der Waals surface area contributed by atoms with Gasteiger partial charge in [0.15, 0.2) is 5.82 Å². The number of nitrogens with zero attached hydrogens (tertiary/aromatic N) is 3. The first-order chi connectivity index (χ1) is 8.95. The Kier molecular flexibility index (Phi) is 4.08. The number of rotatable bonds is 3. The van der Waals surface area contributed by atoms with E-state index in [-0.39, 0.29) is 16.1 Å².